The minimum Gasteiger partial charge on any atom is -0.424 e. The SMILES string of the molecule is CCCCC(=O)Oc1c(C)nc2sc3c(c2c1-c1ccc(C)cc1)CCCN3.N. The van der Waals surface area contributed by atoms with E-state index in [1.54, 1.807) is 11.3 Å². The lowest BCUT2D eigenvalue weighted by Gasteiger charge is -2.17. The summed E-state index contributed by atoms with van der Waals surface area (Å²) in [5.74, 6) is 0.435. The molecule has 0 spiro atoms. The van der Waals surface area contributed by atoms with Gasteiger partial charge in [-0.25, -0.2) is 4.98 Å². The molecule has 4 rings (SSSR count). The maximum Gasteiger partial charge on any atom is 0.311 e. The van der Waals surface area contributed by atoms with Crippen LogP contribution < -0.4 is 16.2 Å². The minimum atomic E-state index is -0.179. The number of fused-ring (bicyclic) bond motifs is 3. The van der Waals surface area contributed by atoms with Crippen LogP contribution in [0.25, 0.3) is 21.3 Å². The van der Waals surface area contributed by atoms with E-state index in [2.05, 4.69) is 43.4 Å². The van der Waals surface area contributed by atoms with E-state index in [9.17, 15) is 4.79 Å². The molecule has 154 valence electrons. The molecule has 5 nitrogen and oxygen atoms in total. The lowest BCUT2D eigenvalue weighted by Crippen LogP contribution is -2.11. The second kappa shape index (κ2) is 8.93. The maximum absolute atomic E-state index is 12.5. The third kappa shape index (κ3) is 4.14. The number of nitrogens with one attached hydrogen (secondary N) is 1. The zero-order valence-corrected chi connectivity index (χ0v) is 18.2. The Morgan fingerprint density at radius 3 is 2.72 bits per heavy atom. The molecule has 0 aliphatic carbocycles. The topological polar surface area (TPSA) is 86.2 Å². The summed E-state index contributed by atoms with van der Waals surface area (Å²) < 4.78 is 5.91. The summed E-state index contributed by atoms with van der Waals surface area (Å²) in [6.45, 7) is 7.09. The number of carbonyl (C=O) groups is 1. The summed E-state index contributed by atoms with van der Waals surface area (Å²) in [7, 11) is 0. The monoisotopic (exact) mass is 411 g/mol. The fraction of sp³-hybridized carbons (Fsp3) is 0.391. The molecule has 0 radical (unpaired) electrons. The number of esters is 1. The van der Waals surface area contributed by atoms with Crippen LogP contribution in [0.15, 0.2) is 24.3 Å². The van der Waals surface area contributed by atoms with Crippen LogP contribution in [0.4, 0.5) is 5.00 Å². The highest BCUT2D eigenvalue weighted by Crippen LogP contribution is 2.47. The van der Waals surface area contributed by atoms with Gasteiger partial charge < -0.3 is 16.2 Å². The van der Waals surface area contributed by atoms with E-state index >= 15 is 0 Å². The number of benzene rings is 1. The molecule has 1 aliphatic rings. The van der Waals surface area contributed by atoms with Gasteiger partial charge in [0, 0.05) is 23.9 Å². The van der Waals surface area contributed by atoms with Crippen molar-refractivity contribution < 1.29 is 9.53 Å². The van der Waals surface area contributed by atoms with Gasteiger partial charge in [-0.15, -0.1) is 0 Å². The van der Waals surface area contributed by atoms with E-state index in [1.807, 2.05) is 6.92 Å². The first-order chi connectivity index (χ1) is 13.6. The van der Waals surface area contributed by atoms with E-state index in [-0.39, 0.29) is 12.1 Å². The molecule has 1 aromatic carbocycles. The van der Waals surface area contributed by atoms with Crippen LogP contribution in [-0.4, -0.2) is 17.5 Å². The van der Waals surface area contributed by atoms with Gasteiger partial charge in [0.2, 0.25) is 0 Å². The van der Waals surface area contributed by atoms with Crippen LogP contribution in [0.2, 0.25) is 0 Å². The van der Waals surface area contributed by atoms with E-state index in [4.69, 9.17) is 9.72 Å². The van der Waals surface area contributed by atoms with Gasteiger partial charge >= 0.3 is 5.97 Å². The molecule has 6 heteroatoms. The Hall–Kier alpha value is -2.44. The zero-order valence-electron chi connectivity index (χ0n) is 17.4. The smallest absolute Gasteiger partial charge is 0.311 e. The maximum atomic E-state index is 12.5. The van der Waals surface area contributed by atoms with Gasteiger partial charge in [-0.05, 0) is 44.2 Å². The molecule has 2 aromatic heterocycles. The third-order valence-corrected chi connectivity index (χ3v) is 6.33. The molecule has 0 bridgehead atoms. The normalized spacial score (nSPS) is 12.8. The number of aryl methyl sites for hydroxylation is 3. The van der Waals surface area contributed by atoms with Gasteiger partial charge in [0.25, 0.3) is 0 Å². The number of nitrogens with zero attached hydrogens (tertiary/aromatic N) is 1. The molecule has 3 aromatic rings. The van der Waals surface area contributed by atoms with Crippen LogP contribution in [0.5, 0.6) is 5.75 Å². The van der Waals surface area contributed by atoms with Crippen molar-refractivity contribution in [1.82, 2.24) is 11.1 Å². The lowest BCUT2D eigenvalue weighted by atomic mass is 9.95. The quantitative estimate of drug-likeness (QED) is 0.488. The molecule has 29 heavy (non-hydrogen) atoms. The number of thiophene rings is 1. The average molecular weight is 412 g/mol. The number of hydrogen-bond acceptors (Lipinski definition) is 6. The fourth-order valence-corrected chi connectivity index (χ4v) is 4.95. The van der Waals surface area contributed by atoms with Crippen molar-refractivity contribution in [2.75, 3.05) is 11.9 Å². The van der Waals surface area contributed by atoms with Crippen LogP contribution in [-0.2, 0) is 11.2 Å². The van der Waals surface area contributed by atoms with Gasteiger partial charge in [0.05, 0.1) is 10.7 Å². The van der Waals surface area contributed by atoms with Gasteiger partial charge in [0.1, 0.15) is 4.83 Å². The number of ether oxygens (including phenoxy) is 1. The van der Waals surface area contributed by atoms with Gasteiger partial charge in [-0.1, -0.05) is 54.5 Å². The predicted molar refractivity (Wildman–Crippen MR) is 122 cm³/mol. The van der Waals surface area contributed by atoms with Gasteiger partial charge in [-0.2, -0.15) is 0 Å². The van der Waals surface area contributed by atoms with Crippen molar-refractivity contribution in [3.05, 3.63) is 41.1 Å². The second-order valence-electron chi connectivity index (χ2n) is 7.47. The molecule has 0 amide bonds. The predicted octanol–water partition coefficient (Wildman–Crippen LogP) is 6.20. The van der Waals surface area contributed by atoms with Crippen LogP contribution in [0, 0.1) is 13.8 Å². The summed E-state index contributed by atoms with van der Waals surface area (Å²) in [4.78, 5) is 18.3. The highest BCUT2D eigenvalue weighted by atomic mass is 32.1. The highest BCUT2D eigenvalue weighted by molar-refractivity contribution is 7.22. The lowest BCUT2D eigenvalue weighted by molar-refractivity contribution is -0.134. The number of rotatable bonds is 5. The number of carbonyl (C=O) groups excluding carboxylic acids is 1. The summed E-state index contributed by atoms with van der Waals surface area (Å²) in [5, 5.41) is 5.86. The highest BCUT2D eigenvalue weighted by Gasteiger charge is 2.25. The number of unbranched alkanes of at least 4 members (excludes halogenated alkanes) is 1. The molecule has 0 saturated carbocycles. The van der Waals surface area contributed by atoms with Crippen LogP contribution in [0.1, 0.15) is 49.4 Å². The first-order valence-electron chi connectivity index (χ1n) is 10.1. The first kappa shape index (κ1) is 21.3. The Bertz CT molecular complexity index is 1030. The molecular formula is C23H29N3O2S. The van der Waals surface area contributed by atoms with Crippen molar-refractivity contribution in [3.8, 4) is 16.9 Å². The van der Waals surface area contributed by atoms with E-state index in [0.717, 1.165) is 59.3 Å². The number of aromatic nitrogens is 1. The Balaban J connectivity index is 0.00000240. The largest absolute Gasteiger partial charge is 0.424 e. The zero-order chi connectivity index (χ0) is 19.7. The van der Waals surface area contributed by atoms with Crippen molar-refractivity contribution in [2.45, 2.75) is 52.9 Å². The van der Waals surface area contributed by atoms with E-state index < -0.39 is 0 Å². The number of anilines is 1. The molecule has 4 N–H and O–H groups in total. The van der Waals surface area contributed by atoms with Crippen molar-refractivity contribution in [1.29, 1.82) is 0 Å². The Kier molecular flexibility index (Phi) is 6.55. The Labute approximate surface area is 176 Å². The average Bonchev–Trinajstić information content (AvgIpc) is 3.05. The van der Waals surface area contributed by atoms with Crippen LogP contribution >= 0.6 is 11.3 Å². The second-order valence-corrected chi connectivity index (χ2v) is 8.46. The summed E-state index contributed by atoms with van der Waals surface area (Å²) in [6.07, 6.45) is 4.37. The van der Waals surface area contributed by atoms with Crippen molar-refractivity contribution in [3.63, 3.8) is 0 Å². The van der Waals surface area contributed by atoms with Gasteiger partial charge in [-0.3, -0.25) is 4.79 Å². The molecular weight excluding hydrogens is 382 g/mol. The molecule has 0 unspecified atom stereocenters. The van der Waals surface area contributed by atoms with Crippen molar-refractivity contribution in [2.24, 2.45) is 0 Å². The molecule has 0 atom stereocenters. The van der Waals surface area contributed by atoms with Crippen molar-refractivity contribution >= 4 is 32.5 Å². The number of pyridine rings is 1. The molecule has 0 fully saturated rings. The summed E-state index contributed by atoms with van der Waals surface area (Å²) in [5.41, 5.74) is 5.37. The van der Waals surface area contributed by atoms with Gasteiger partial charge in [0.15, 0.2) is 5.75 Å². The Morgan fingerprint density at radius 1 is 1.24 bits per heavy atom. The Morgan fingerprint density at radius 2 is 2.00 bits per heavy atom. The standard InChI is InChI=1S/C23H26N2O2S.H3N/c1-4-5-8-18(26)27-21-15(3)25-23-20(17-7-6-13-24-22(17)28-23)19(21)16-11-9-14(2)10-12-16;/h9-12,24H,4-8,13H2,1-3H3;1H3. The molecule has 1 aliphatic heterocycles. The minimum absolute atomic E-state index is 0. The molecule has 3 heterocycles. The fourth-order valence-electron chi connectivity index (χ4n) is 3.74. The number of hydrogen-bond donors (Lipinski definition) is 2. The summed E-state index contributed by atoms with van der Waals surface area (Å²) in [6, 6.07) is 8.45. The first-order valence-corrected chi connectivity index (χ1v) is 10.9. The summed E-state index contributed by atoms with van der Waals surface area (Å²) >= 11 is 1.70. The molecule has 0 saturated heterocycles. The van der Waals surface area contributed by atoms with E-state index in [1.165, 1.54) is 16.1 Å². The third-order valence-electron chi connectivity index (χ3n) is 5.24. The van der Waals surface area contributed by atoms with E-state index in [0.29, 0.717) is 12.2 Å². The van der Waals surface area contributed by atoms with Crippen LogP contribution in [0.3, 0.4) is 0 Å².